The van der Waals surface area contributed by atoms with Gasteiger partial charge in [-0.2, -0.15) is 0 Å². The van der Waals surface area contributed by atoms with Gasteiger partial charge in [0.15, 0.2) is 6.61 Å². The third kappa shape index (κ3) is 6.22. The van der Waals surface area contributed by atoms with Gasteiger partial charge in [-0.1, -0.05) is 17.3 Å². The largest absolute Gasteiger partial charge is 0.493 e. The molecular weight excluding hydrogens is 512 g/mol. The zero-order valence-corrected chi connectivity index (χ0v) is 22.8. The van der Waals surface area contributed by atoms with Crippen molar-refractivity contribution in [3.05, 3.63) is 70.6 Å². The van der Waals surface area contributed by atoms with Crippen molar-refractivity contribution in [1.29, 1.82) is 0 Å². The zero-order chi connectivity index (χ0) is 27.6. The van der Waals surface area contributed by atoms with Crippen LogP contribution >= 0.6 is 0 Å². The van der Waals surface area contributed by atoms with Crippen LogP contribution in [0.2, 0.25) is 0 Å². The van der Waals surface area contributed by atoms with Crippen molar-refractivity contribution in [3.8, 4) is 17.2 Å². The molecule has 0 spiro atoms. The minimum Gasteiger partial charge on any atom is -0.493 e. The van der Waals surface area contributed by atoms with E-state index in [0.29, 0.717) is 61.5 Å². The Morgan fingerprint density at radius 3 is 2.62 bits per heavy atom. The van der Waals surface area contributed by atoms with Crippen LogP contribution in [0.4, 0.5) is 0 Å². The van der Waals surface area contributed by atoms with E-state index >= 15 is 0 Å². The predicted molar refractivity (Wildman–Crippen MR) is 145 cm³/mol. The van der Waals surface area contributed by atoms with E-state index in [-0.39, 0.29) is 30.6 Å². The number of aryl methyl sites for hydroxylation is 2. The number of aromatic nitrogens is 1. The molecule has 4 aliphatic rings. The van der Waals surface area contributed by atoms with Gasteiger partial charge in [0, 0.05) is 43.4 Å². The van der Waals surface area contributed by atoms with Gasteiger partial charge in [0.05, 0.1) is 18.3 Å². The first-order valence-corrected chi connectivity index (χ1v) is 13.8. The highest BCUT2D eigenvalue weighted by Gasteiger charge is 2.36. The number of ether oxygens (including phenoxy) is 3. The number of benzene rings is 2. The minimum absolute atomic E-state index is 0.171. The molecule has 2 amide bonds. The van der Waals surface area contributed by atoms with Crippen molar-refractivity contribution >= 4 is 11.8 Å². The van der Waals surface area contributed by atoms with Crippen LogP contribution in [0.15, 0.2) is 47.0 Å². The molecule has 3 aliphatic heterocycles. The number of hydrogen-bond acceptors (Lipinski definition) is 8. The molecule has 1 saturated heterocycles. The van der Waals surface area contributed by atoms with E-state index in [1.807, 2.05) is 38.1 Å². The van der Waals surface area contributed by atoms with Crippen molar-refractivity contribution in [2.45, 2.75) is 51.9 Å². The standard InChI is InChI=1S/C30H34N4O6/c1-18-26(19(2)40-33-18)13-34-14-27-28(15-34)39-23-7-5-20(6-8-23)12-31-29(35)17-38-25-10-22(30(36)32-27)9-24(11-25)37-16-21-3-4-21/h5-11,21,27-28H,3-4,12-17H2,1-2H3,(H,31,35)(H,32,36)/t27-,28-/m0/s1. The van der Waals surface area contributed by atoms with Crippen LogP contribution in [-0.2, 0) is 17.9 Å². The number of nitrogens with zero attached hydrogens (tertiary/aromatic N) is 2. The lowest BCUT2D eigenvalue weighted by atomic mass is 10.1. The summed E-state index contributed by atoms with van der Waals surface area (Å²) in [5.74, 6) is 2.48. The second kappa shape index (κ2) is 11.2. The smallest absolute Gasteiger partial charge is 0.258 e. The Morgan fingerprint density at radius 1 is 1.05 bits per heavy atom. The first-order chi connectivity index (χ1) is 19.4. The lowest BCUT2D eigenvalue weighted by Gasteiger charge is -2.22. The minimum atomic E-state index is -0.282. The van der Waals surface area contributed by atoms with Crippen LogP contribution < -0.4 is 24.8 Å². The third-order valence-corrected chi connectivity index (χ3v) is 7.62. The monoisotopic (exact) mass is 546 g/mol. The Morgan fingerprint density at radius 2 is 1.88 bits per heavy atom. The first kappa shape index (κ1) is 26.2. The molecule has 1 aromatic heterocycles. The van der Waals surface area contributed by atoms with Gasteiger partial charge < -0.3 is 29.4 Å². The van der Waals surface area contributed by atoms with Gasteiger partial charge in [0.25, 0.3) is 11.8 Å². The highest BCUT2D eigenvalue weighted by atomic mass is 16.5. The summed E-state index contributed by atoms with van der Waals surface area (Å²) in [5.41, 5.74) is 3.26. The zero-order valence-electron chi connectivity index (χ0n) is 22.8. The number of nitrogens with one attached hydrogen (secondary N) is 2. The molecule has 10 heteroatoms. The number of rotatable bonds is 5. The second-order valence-electron chi connectivity index (χ2n) is 10.9. The fourth-order valence-corrected chi connectivity index (χ4v) is 5.07. The first-order valence-electron chi connectivity index (χ1n) is 13.8. The Kier molecular flexibility index (Phi) is 7.34. The summed E-state index contributed by atoms with van der Waals surface area (Å²) in [5, 5.41) is 10.1. The molecule has 4 bridgehead atoms. The molecule has 10 nitrogen and oxygen atoms in total. The lowest BCUT2D eigenvalue weighted by Crippen LogP contribution is -2.45. The van der Waals surface area contributed by atoms with Crippen LogP contribution in [-0.4, -0.2) is 60.3 Å². The molecule has 3 aromatic rings. The molecule has 4 heterocycles. The van der Waals surface area contributed by atoms with E-state index in [4.69, 9.17) is 18.7 Å². The number of amides is 2. The van der Waals surface area contributed by atoms with Crippen molar-refractivity contribution in [3.63, 3.8) is 0 Å². The molecule has 2 N–H and O–H groups in total. The lowest BCUT2D eigenvalue weighted by molar-refractivity contribution is -0.123. The van der Waals surface area contributed by atoms with Crippen LogP contribution in [0.5, 0.6) is 17.2 Å². The van der Waals surface area contributed by atoms with Gasteiger partial charge in [0.2, 0.25) is 0 Å². The van der Waals surface area contributed by atoms with Gasteiger partial charge in [-0.15, -0.1) is 0 Å². The number of carbonyl (C=O) groups excluding carboxylic acids is 2. The molecule has 1 aliphatic carbocycles. The summed E-state index contributed by atoms with van der Waals surface area (Å²) in [6.45, 7) is 6.50. The SMILES string of the molecule is Cc1noc(C)c1CN1C[C@@H]2NC(=O)c3cc(cc(OCC4CC4)c3)OCC(=O)NCc3ccc(cc3)O[C@H]2C1. The van der Waals surface area contributed by atoms with Crippen molar-refractivity contribution in [1.82, 2.24) is 20.7 Å². The molecule has 210 valence electrons. The molecule has 2 atom stereocenters. The van der Waals surface area contributed by atoms with E-state index in [9.17, 15) is 9.59 Å². The summed E-state index contributed by atoms with van der Waals surface area (Å²) in [6, 6.07) is 12.4. The van der Waals surface area contributed by atoms with Crippen molar-refractivity contribution in [2.75, 3.05) is 26.3 Å². The van der Waals surface area contributed by atoms with Crippen LogP contribution in [0.3, 0.4) is 0 Å². The maximum absolute atomic E-state index is 13.6. The summed E-state index contributed by atoms with van der Waals surface area (Å²) < 4.78 is 23.5. The van der Waals surface area contributed by atoms with E-state index in [1.54, 1.807) is 18.2 Å². The van der Waals surface area contributed by atoms with E-state index in [1.165, 1.54) is 0 Å². The summed E-state index contributed by atoms with van der Waals surface area (Å²) in [6.07, 6.45) is 2.02. The van der Waals surface area contributed by atoms with E-state index in [0.717, 1.165) is 35.4 Å². The van der Waals surface area contributed by atoms with Crippen LogP contribution in [0.1, 0.15) is 45.8 Å². The topological polar surface area (TPSA) is 115 Å². The van der Waals surface area contributed by atoms with Gasteiger partial charge in [-0.25, -0.2) is 0 Å². The third-order valence-electron chi connectivity index (χ3n) is 7.62. The maximum atomic E-state index is 13.6. The Balaban J connectivity index is 1.27. The number of fused-ring (bicyclic) bond motifs is 7. The van der Waals surface area contributed by atoms with Crippen molar-refractivity contribution < 1.29 is 28.3 Å². The van der Waals surface area contributed by atoms with Gasteiger partial charge in [-0.3, -0.25) is 14.5 Å². The van der Waals surface area contributed by atoms with Gasteiger partial charge >= 0.3 is 0 Å². The number of hydrogen-bond donors (Lipinski definition) is 2. The molecule has 40 heavy (non-hydrogen) atoms. The Hall–Kier alpha value is -4.05. The molecule has 0 radical (unpaired) electrons. The quantitative estimate of drug-likeness (QED) is 0.502. The van der Waals surface area contributed by atoms with E-state index < -0.39 is 0 Å². The second-order valence-corrected chi connectivity index (χ2v) is 10.9. The molecular formula is C30H34N4O6. The number of likely N-dealkylation sites (tertiary alicyclic amines) is 1. The van der Waals surface area contributed by atoms with Crippen LogP contribution in [0.25, 0.3) is 0 Å². The fraction of sp³-hybridized carbons (Fsp3) is 0.433. The highest BCUT2D eigenvalue weighted by Crippen LogP contribution is 2.31. The normalized spacial score (nSPS) is 21.6. The summed E-state index contributed by atoms with van der Waals surface area (Å²) >= 11 is 0. The molecule has 2 aromatic carbocycles. The molecule has 1 saturated carbocycles. The van der Waals surface area contributed by atoms with E-state index in [2.05, 4.69) is 20.7 Å². The van der Waals surface area contributed by atoms with Gasteiger partial charge in [-0.05, 0) is 62.4 Å². The Bertz CT molecular complexity index is 1360. The molecule has 2 fully saturated rings. The maximum Gasteiger partial charge on any atom is 0.258 e. The van der Waals surface area contributed by atoms with Gasteiger partial charge in [0.1, 0.15) is 29.1 Å². The van der Waals surface area contributed by atoms with Crippen molar-refractivity contribution in [2.24, 2.45) is 5.92 Å². The Labute approximate surface area is 232 Å². The fourth-order valence-electron chi connectivity index (χ4n) is 5.07. The number of carbonyl (C=O) groups is 2. The van der Waals surface area contributed by atoms with Crippen LogP contribution in [0, 0.1) is 19.8 Å². The average Bonchev–Trinajstić information content (AvgIpc) is 3.64. The molecule has 0 unspecified atom stereocenters. The average molecular weight is 547 g/mol. The highest BCUT2D eigenvalue weighted by molar-refractivity contribution is 5.95. The molecule has 7 rings (SSSR count). The predicted octanol–water partition coefficient (Wildman–Crippen LogP) is 3.15. The summed E-state index contributed by atoms with van der Waals surface area (Å²) in [4.78, 5) is 28.3. The summed E-state index contributed by atoms with van der Waals surface area (Å²) in [7, 11) is 0.